The van der Waals surface area contributed by atoms with Crippen molar-refractivity contribution in [3.8, 4) is 0 Å². The molecule has 9 heteroatoms. The van der Waals surface area contributed by atoms with Gasteiger partial charge < -0.3 is 10.6 Å². The van der Waals surface area contributed by atoms with E-state index in [1.54, 1.807) is 36.5 Å². The highest BCUT2D eigenvalue weighted by molar-refractivity contribution is 7.91. The van der Waals surface area contributed by atoms with Crippen molar-refractivity contribution in [3.05, 3.63) is 52.1 Å². The van der Waals surface area contributed by atoms with Crippen molar-refractivity contribution in [3.63, 3.8) is 0 Å². The number of sulfone groups is 1. The van der Waals surface area contributed by atoms with Gasteiger partial charge in [0.1, 0.15) is 5.82 Å². The predicted molar refractivity (Wildman–Crippen MR) is 98.5 cm³/mol. The van der Waals surface area contributed by atoms with Crippen LogP contribution < -0.4 is 10.6 Å². The Hall–Kier alpha value is -1.83. The zero-order chi connectivity index (χ0) is 18.0. The molecule has 25 heavy (non-hydrogen) atoms. The number of hydrogen-bond acceptors (Lipinski definition) is 5. The maximum atomic E-state index is 12.5. The van der Waals surface area contributed by atoms with Crippen LogP contribution in [0, 0.1) is 0 Å². The summed E-state index contributed by atoms with van der Waals surface area (Å²) >= 11 is 11.9. The quantitative estimate of drug-likeness (QED) is 0.824. The van der Waals surface area contributed by atoms with E-state index in [1.807, 2.05) is 0 Å². The van der Waals surface area contributed by atoms with E-state index in [-0.39, 0.29) is 23.5 Å². The second-order valence-electron chi connectivity index (χ2n) is 5.73. The number of nitrogens with zero attached hydrogens (tertiary/aromatic N) is 1. The van der Waals surface area contributed by atoms with Gasteiger partial charge in [-0.3, -0.25) is 4.79 Å². The van der Waals surface area contributed by atoms with Crippen molar-refractivity contribution in [2.75, 3.05) is 16.8 Å². The number of rotatable bonds is 4. The smallest absolute Gasteiger partial charge is 0.255 e. The fourth-order valence-corrected chi connectivity index (χ4v) is 4.54. The van der Waals surface area contributed by atoms with Gasteiger partial charge in [-0.05, 0) is 36.8 Å². The molecule has 2 aromatic rings. The lowest BCUT2D eigenvalue weighted by Crippen LogP contribution is -2.36. The van der Waals surface area contributed by atoms with Gasteiger partial charge in [0.25, 0.3) is 5.91 Å². The molecule has 1 fully saturated rings. The Balaban J connectivity index is 1.78. The summed E-state index contributed by atoms with van der Waals surface area (Å²) in [7, 11) is -3.06. The Morgan fingerprint density at radius 1 is 1.20 bits per heavy atom. The number of pyridine rings is 1. The molecule has 0 radical (unpaired) electrons. The van der Waals surface area contributed by atoms with E-state index < -0.39 is 9.84 Å². The number of nitrogens with one attached hydrogen (secondary N) is 2. The van der Waals surface area contributed by atoms with Crippen molar-refractivity contribution >= 4 is 50.5 Å². The number of anilines is 2. The largest absolute Gasteiger partial charge is 0.348 e. The summed E-state index contributed by atoms with van der Waals surface area (Å²) in [6.07, 6.45) is 1.97. The van der Waals surface area contributed by atoms with Crippen molar-refractivity contribution in [2.45, 2.75) is 12.5 Å². The third kappa shape index (κ3) is 4.42. The molecule has 3 rings (SSSR count). The summed E-state index contributed by atoms with van der Waals surface area (Å²) in [4.78, 5) is 16.7. The molecule has 1 amide bonds. The number of halogens is 2. The van der Waals surface area contributed by atoms with Crippen molar-refractivity contribution in [1.29, 1.82) is 0 Å². The lowest BCUT2D eigenvalue weighted by Gasteiger charge is -2.14. The van der Waals surface area contributed by atoms with E-state index in [4.69, 9.17) is 23.2 Å². The Morgan fingerprint density at radius 2 is 2.00 bits per heavy atom. The van der Waals surface area contributed by atoms with Gasteiger partial charge in [0.2, 0.25) is 0 Å². The topological polar surface area (TPSA) is 88.2 Å². The number of hydrogen-bond donors (Lipinski definition) is 2. The molecule has 0 saturated carbocycles. The zero-order valence-corrected chi connectivity index (χ0v) is 15.3. The first-order valence-electron chi connectivity index (χ1n) is 7.52. The lowest BCUT2D eigenvalue weighted by molar-refractivity contribution is 0.0941. The first kappa shape index (κ1) is 18.0. The first-order chi connectivity index (χ1) is 11.8. The summed E-state index contributed by atoms with van der Waals surface area (Å²) in [5.41, 5.74) is 0.948. The number of amides is 1. The first-order valence-corrected chi connectivity index (χ1v) is 10.1. The molecule has 2 N–H and O–H groups in total. The molecular formula is C16H15Cl2N3O3S. The number of carbonyl (C=O) groups excluding carboxylic acids is 1. The maximum Gasteiger partial charge on any atom is 0.255 e. The minimum Gasteiger partial charge on any atom is -0.348 e. The molecule has 1 aliphatic rings. The average molecular weight is 400 g/mol. The van der Waals surface area contributed by atoms with E-state index >= 15 is 0 Å². The van der Waals surface area contributed by atoms with Gasteiger partial charge >= 0.3 is 0 Å². The van der Waals surface area contributed by atoms with Crippen LogP contribution in [0.25, 0.3) is 0 Å². The summed E-state index contributed by atoms with van der Waals surface area (Å²) in [6.45, 7) is 0. The molecule has 1 aliphatic heterocycles. The molecule has 1 saturated heterocycles. The fraction of sp³-hybridized carbons (Fsp3) is 0.250. The minimum absolute atomic E-state index is 0.0332. The lowest BCUT2D eigenvalue weighted by atomic mass is 10.2. The second kappa shape index (κ2) is 7.19. The molecule has 1 aromatic heterocycles. The van der Waals surface area contributed by atoms with Gasteiger partial charge in [0.15, 0.2) is 9.84 Å². The maximum absolute atomic E-state index is 12.5. The van der Waals surface area contributed by atoms with Crippen LogP contribution in [0.4, 0.5) is 11.5 Å². The van der Waals surface area contributed by atoms with Crippen LogP contribution in [-0.4, -0.2) is 36.9 Å². The standard InChI is InChI=1S/C16H15Cl2N3O3S/c17-13-4-3-10(8-14(13)18)20-15-12(2-1-6-19-15)16(22)21-11-5-7-25(23,24)9-11/h1-4,6,8,11H,5,7,9H2,(H,19,20)(H,21,22). The summed E-state index contributed by atoms with van der Waals surface area (Å²) in [5.74, 6) is 0.0329. The normalized spacial score (nSPS) is 18.7. The van der Waals surface area contributed by atoms with Crippen LogP contribution in [0.3, 0.4) is 0 Å². The van der Waals surface area contributed by atoms with E-state index in [0.29, 0.717) is 33.5 Å². The molecule has 1 aromatic carbocycles. The van der Waals surface area contributed by atoms with Crippen molar-refractivity contribution in [1.82, 2.24) is 10.3 Å². The van der Waals surface area contributed by atoms with Gasteiger partial charge in [0, 0.05) is 17.9 Å². The van der Waals surface area contributed by atoms with Crippen LogP contribution in [-0.2, 0) is 9.84 Å². The third-order valence-electron chi connectivity index (χ3n) is 3.80. The molecular weight excluding hydrogens is 385 g/mol. The highest BCUT2D eigenvalue weighted by atomic mass is 35.5. The molecule has 1 unspecified atom stereocenters. The second-order valence-corrected chi connectivity index (χ2v) is 8.77. The van der Waals surface area contributed by atoms with Gasteiger partial charge in [-0.1, -0.05) is 23.2 Å². The van der Waals surface area contributed by atoms with Crippen LogP contribution in [0.5, 0.6) is 0 Å². The van der Waals surface area contributed by atoms with E-state index in [2.05, 4.69) is 15.6 Å². The Kier molecular flexibility index (Phi) is 5.17. The van der Waals surface area contributed by atoms with Gasteiger partial charge in [-0.15, -0.1) is 0 Å². The number of carbonyl (C=O) groups is 1. The summed E-state index contributed by atoms with van der Waals surface area (Å²) in [6, 6.07) is 7.86. The minimum atomic E-state index is -3.06. The highest BCUT2D eigenvalue weighted by Gasteiger charge is 2.29. The highest BCUT2D eigenvalue weighted by Crippen LogP contribution is 2.27. The molecule has 6 nitrogen and oxygen atoms in total. The molecule has 2 heterocycles. The van der Waals surface area contributed by atoms with Crippen LogP contribution >= 0.6 is 23.2 Å². The zero-order valence-electron chi connectivity index (χ0n) is 13.0. The van der Waals surface area contributed by atoms with Crippen LogP contribution in [0.1, 0.15) is 16.8 Å². The van der Waals surface area contributed by atoms with Gasteiger partial charge in [-0.2, -0.15) is 0 Å². The SMILES string of the molecule is O=C(NC1CCS(=O)(=O)C1)c1cccnc1Nc1ccc(Cl)c(Cl)c1. The Morgan fingerprint density at radius 3 is 2.68 bits per heavy atom. The van der Waals surface area contributed by atoms with Gasteiger partial charge in [-0.25, -0.2) is 13.4 Å². The van der Waals surface area contributed by atoms with E-state index in [0.717, 1.165) is 0 Å². The summed E-state index contributed by atoms with van der Waals surface area (Å²) < 4.78 is 23.1. The monoisotopic (exact) mass is 399 g/mol. The van der Waals surface area contributed by atoms with E-state index in [9.17, 15) is 13.2 Å². The molecule has 0 bridgehead atoms. The molecule has 1 atom stereocenters. The van der Waals surface area contributed by atoms with E-state index in [1.165, 1.54) is 0 Å². The van der Waals surface area contributed by atoms with Crippen molar-refractivity contribution < 1.29 is 13.2 Å². The molecule has 0 spiro atoms. The Bertz CT molecular complexity index is 919. The average Bonchev–Trinajstić information content (AvgIpc) is 2.90. The van der Waals surface area contributed by atoms with Crippen LogP contribution in [0.15, 0.2) is 36.5 Å². The predicted octanol–water partition coefficient (Wildman–Crippen LogP) is 3.05. The third-order valence-corrected chi connectivity index (χ3v) is 6.31. The molecule has 132 valence electrons. The Labute approximate surface area is 155 Å². The van der Waals surface area contributed by atoms with Gasteiger partial charge in [0.05, 0.1) is 27.1 Å². The van der Waals surface area contributed by atoms with Crippen LogP contribution in [0.2, 0.25) is 10.0 Å². The fourth-order valence-electron chi connectivity index (χ4n) is 2.57. The molecule has 0 aliphatic carbocycles. The van der Waals surface area contributed by atoms with Crippen molar-refractivity contribution in [2.24, 2.45) is 0 Å². The number of aromatic nitrogens is 1. The summed E-state index contributed by atoms with van der Waals surface area (Å²) in [5, 5.41) is 6.59. The number of benzene rings is 1.